The highest BCUT2D eigenvalue weighted by molar-refractivity contribution is 14.0. The zero-order chi connectivity index (χ0) is 19.9. The highest BCUT2D eigenvalue weighted by atomic mass is 127. The van der Waals surface area contributed by atoms with Crippen LogP contribution in [-0.2, 0) is 9.84 Å². The molecule has 0 atom stereocenters. The van der Waals surface area contributed by atoms with E-state index in [-0.39, 0.29) is 35.1 Å². The van der Waals surface area contributed by atoms with Gasteiger partial charge in [-0.05, 0) is 30.2 Å². The van der Waals surface area contributed by atoms with E-state index in [1.807, 2.05) is 6.07 Å². The van der Waals surface area contributed by atoms with Crippen LogP contribution in [0.15, 0.2) is 40.9 Å². The highest BCUT2D eigenvalue weighted by Crippen LogP contribution is 2.22. The minimum Gasteiger partial charge on any atom is -0.356 e. The Morgan fingerprint density at radius 2 is 1.82 bits per heavy atom. The first-order valence-electron chi connectivity index (χ1n) is 9.56. The fourth-order valence-corrected chi connectivity index (χ4v) is 4.06. The zero-order valence-electron chi connectivity index (χ0n) is 17.4. The van der Waals surface area contributed by atoms with Crippen LogP contribution in [0.1, 0.15) is 38.7 Å². The second-order valence-electron chi connectivity index (χ2n) is 8.15. The third-order valence-electron chi connectivity index (χ3n) is 4.96. The quantitative estimate of drug-likeness (QED) is 0.353. The Kier molecular flexibility index (Phi) is 9.97. The average molecular weight is 519 g/mol. The third-order valence-corrected chi connectivity index (χ3v) is 5.91. The van der Waals surface area contributed by atoms with Crippen LogP contribution in [0, 0.1) is 5.41 Å². The number of hydrogen-bond acceptors (Lipinski definition) is 3. The number of nitrogens with one attached hydrogen (secondary N) is 1. The van der Waals surface area contributed by atoms with Crippen LogP contribution in [0.5, 0.6) is 0 Å². The maximum atomic E-state index is 11.4. The van der Waals surface area contributed by atoms with Gasteiger partial charge in [0.1, 0.15) is 9.84 Å². The molecule has 0 saturated carbocycles. The molecule has 0 bridgehead atoms. The Hall–Kier alpha value is -1.09. The van der Waals surface area contributed by atoms with Gasteiger partial charge in [-0.25, -0.2) is 8.42 Å². The molecule has 0 unspecified atom stereocenters. The minimum absolute atomic E-state index is 0. The molecule has 1 N–H and O–H groups in total. The van der Waals surface area contributed by atoms with E-state index >= 15 is 0 Å². The SMILES string of the molecule is CN=C(NCC(C)(C)CCS(C)(=O)=O)N1CCC(=Cc2ccccc2)CC1.I. The summed E-state index contributed by atoms with van der Waals surface area (Å²) in [6.45, 7) is 6.79. The molecule has 1 aromatic rings. The molecule has 7 heteroatoms. The van der Waals surface area contributed by atoms with Crippen molar-refractivity contribution < 1.29 is 8.42 Å². The van der Waals surface area contributed by atoms with Gasteiger partial charge in [0.05, 0.1) is 5.75 Å². The molecule has 0 aromatic heterocycles. The van der Waals surface area contributed by atoms with E-state index in [0.717, 1.165) is 31.9 Å². The van der Waals surface area contributed by atoms with Crippen molar-refractivity contribution in [2.75, 3.05) is 38.7 Å². The summed E-state index contributed by atoms with van der Waals surface area (Å²) in [5, 5.41) is 3.44. The van der Waals surface area contributed by atoms with Crippen LogP contribution >= 0.6 is 24.0 Å². The predicted molar refractivity (Wildman–Crippen MR) is 130 cm³/mol. The molecule has 0 radical (unpaired) electrons. The van der Waals surface area contributed by atoms with Crippen LogP contribution in [0.2, 0.25) is 0 Å². The highest BCUT2D eigenvalue weighted by Gasteiger charge is 2.23. The Morgan fingerprint density at radius 3 is 2.36 bits per heavy atom. The Morgan fingerprint density at radius 1 is 1.21 bits per heavy atom. The fourth-order valence-electron chi connectivity index (χ4n) is 3.14. The minimum atomic E-state index is -2.93. The molecule has 1 aromatic carbocycles. The average Bonchev–Trinajstić information content (AvgIpc) is 2.62. The molecule has 0 aliphatic carbocycles. The maximum absolute atomic E-state index is 11.4. The normalized spacial score (nSPS) is 15.8. The number of halogens is 1. The van der Waals surface area contributed by atoms with Gasteiger partial charge in [0.2, 0.25) is 0 Å². The van der Waals surface area contributed by atoms with Gasteiger partial charge >= 0.3 is 0 Å². The molecule has 1 aliphatic heterocycles. The van der Waals surface area contributed by atoms with Gasteiger partial charge in [0.25, 0.3) is 0 Å². The molecule has 2 rings (SSSR count). The number of rotatable bonds is 6. The summed E-state index contributed by atoms with van der Waals surface area (Å²) < 4.78 is 22.8. The van der Waals surface area contributed by atoms with Gasteiger partial charge in [-0.1, -0.05) is 55.8 Å². The van der Waals surface area contributed by atoms with E-state index in [9.17, 15) is 8.42 Å². The number of sulfone groups is 1. The molecule has 28 heavy (non-hydrogen) atoms. The second-order valence-corrected chi connectivity index (χ2v) is 10.4. The number of nitrogens with zero attached hydrogens (tertiary/aromatic N) is 2. The molecule has 0 amide bonds. The number of benzene rings is 1. The van der Waals surface area contributed by atoms with Crippen LogP contribution < -0.4 is 5.32 Å². The Balaban J connectivity index is 0.00000392. The number of likely N-dealkylation sites (tertiary alicyclic amines) is 1. The lowest BCUT2D eigenvalue weighted by Crippen LogP contribution is -2.47. The first kappa shape index (κ1) is 24.9. The van der Waals surface area contributed by atoms with Gasteiger partial charge in [-0.15, -0.1) is 24.0 Å². The maximum Gasteiger partial charge on any atom is 0.193 e. The summed E-state index contributed by atoms with van der Waals surface area (Å²) in [5.74, 6) is 1.12. The second kappa shape index (κ2) is 11.2. The molecule has 1 heterocycles. The smallest absolute Gasteiger partial charge is 0.193 e. The Labute approximate surface area is 187 Å². The standard InChI is InChI=1S/C21H33N3O2S.HI/c1-21(2,12-15-27(4,25)26)17-23-20(22-3)24-13-10-19(11-14-24)16-18-8-6-5-7-9-18;/h5-9,16H,10-15,17H2,1-4H3,(H,22,23);1H. The van der Waals surface area contributed by atoms with Crippen molar-refractivity contribution in [2.24, 2.45) is 10.4 Å². The van der Waals surface area contributed by atoms with Gasteiger partial charge < -0.3 is 10.2 Å². The Bertz CT molecular complexity index is 764. The van der Waals surface area contributed by atoms with E-state index < -0.39 is 9.84 Å². The third kappa shape index (κ3) is 8.94. The molecular formula is C21H34IN3O2S. The summed E-state index contributed by atoms with van der Waals surface area (Å²) in [4.78, 5) is 6.71. The zero-order valence-corrected chi connectivity index (χ0v) is 20.6. The van der Waals surface area contributed by atoms with E-state index in [0.29, 0.717) is 13.0 Å². The summed E-state index contributed by atoms with van der Waals surface area (Å²) in [6.07, 6.45) is 6.30. The van der Waals surface area contributed by atoms with Gasteiger partial charge in [0.15, 0.2) is 5.96 Å². The van der Waals surface area contributed by atoms with Crippen molar-refractivity contribution in [1.29, 1.82) is 0 Å². The topological polar surface area (TPSA) is 61.8 Å². The monoisotopic (exact) mass is 519 g/mol. The van der Waals surface area contributed by atoms with E-state index in [2.05, 4.69) is 59.4 Å². The molecule has 1 fully saturated rings. The van der Waals surface area contributed by atoms with Crippen LogP contribution in [0.25, 0.3) is 6.08 Å². The molecular weight excluding hydrogens is 485 g/mol. The van der Waals surface area contributed by atoms with Gasteiger partial charge in [-0.2, -0.15) is 0 Å². The first-order chi connectivity index (χ1) is 12.7. The van der Waals surface area contributed by atoms with Crippen molar-refractivity contribution in [2.45, 2.75) is 33.1 Å². The fraction of sp³-hybridized carbons (Fsp3) is 0.571. The summed E-state index contributed by atoms with van der Waals surface area (Å²) in [6, 6.07) is 10.5. The van der Waals surface area contributed by atoms with Crippen molar-refractivity contribution in [3.63, 3.8) is 0 Å². The van der Waals surface area contributed by atoms with E-state index in [1.165, 1.54) is 17.4 Å². The molecule has 1 aliphatic rings. The van der Waals surface area contributed by atoms with Crippen LogP contribution in [0.3, 0.4) is 0 Å². The van der Waals surface area contributed by atoms with E-state index in [1.54, 1.807) is 7.05 Å². The van der Waals surface area contributed by atoms with Crippen LogP contribution in [0.4, 0.5) is 0 Å². The van der Waals surface area contributed by atoms with Crippen molar-refractivity contribution in [3.8, 4) is 0 Å². The number of guanidine groups is 1. The van der Waals surface area contributed by atoms with E-state index in [4.69, 9.17) is 0 Å². The number of piperidine rings is 1. The van der Waals surface area contributed by atoms with Crippen molar-refractivity contribution in [1.82, 2.24) is 10.2 Å². The number of aliphatic imine (C=N–C) groups is 1. The molecule has 5 nitrogen and oxygen atoms in total. The summed E-state index contributed by atoms with van der Waals surface area (Å²) in [5.41, 5.74) is 2.63. The van der Waals surface area contributed by atoms with Crippen molar-refractivity contribution >= 4 is 45.8 Å². The van der Waals surface area contributed by atoms with Crippen LogP contribution in [-0.4, -0.2) is 58.0 Å². The first-order valence-corrected chi connectivity index (χ1v) is 11.6. The molecule has 0 spiro atoms. The lowest BCUT2D eigenvalue weighted by atomic mass is 9.90. The molecule has 158 valence electrons. The van der Waals surface area contributed by atoms with Crippen molar-refractivity contribution in [3.05, 3.63) is 41.5 Å². The number of hydrogen-bond donors (Lipinski definition) is 1. The summed E-state index contributed by atoms with van der Waals surface area (Å²) >= 11 is 0. The molecule has 1 saturated heterocycles. The van der Waals surface area contributed by atoms with Gasteiger partial charge in [0, 0.05) is 32.9 Å². The summed E-state index contributed by atoms with van der Waals surface area (Å²) in [7, 11) is -1.12. The van der Waals surface area contributed by atoms with Gasteiger partial charge in [-0.3, -0.25) is 4.99 Å². The lowest BCUT2D eigenvalue weighted by Gasteiger charge is -2.33. The lowest BCUT2D eigenvalue weighted by molar-refractivity contribution is 0.327. The predicted octanol–water partition coefficient (Wildman–Crippen LogP) is 3.82. The largest absolute Gasteiger partial charge is 0.356 e.